The van der Waals surface area contributed by atoms with Crippen molar-refractivity contribution in [2.45, 2.75) is 17.4 Å². The van der Waals surface area contributed by atoms with Crippen molar-refractivity contribution in [2.24, 2.45) is 0 Å². The van der Waals surface area contributed by atoms with Gasteiger partial charge in [-0.1, -0.05) is 23.2 Å². The van der Waals surface area contributed by atoms with Gasteiger partial charge in [-0.25, -0.2) is 13.3 Å². The predicted octanol–water partition coefficient (Wildman–Crippen LogP) is 2.52. The zero-order valence-electron chi connectivity index (χ0n) is 18.6. The van der Waals surface area contributed by atoms with Crippen LogP contribution in [-0.4, -0.2) is 74.9 Å². The monoisotopic (exact) mass is 536 g/mol. The number of halogens is 2. The molecule has 1 unspecified atom stereocenters. The largest absolute Gasteiger partial charge is 0.379 e. The van der Waals surface area contributed by atoms with Gasteiger partial charge in [0.15, 0.2) is 0 Å². The summed E-state index contributed by atoms with van der Waals surface area (Å²) in [7, 11) is -4.29. The number of carbonyl (C=O) groups is 2. The molecular weight excluding hydrogens is 515 g/mol. The Balaban J connectivity index is 1.68. The summed E-state index contributed by atoms with van der Waals surface area (Å²) in [6.07, 6.45) is -0.320. The molecule has 0 saturated carbocycles. The molecule has 0 spiro atoms. The van der Waals surface area contributed by atoms with Gasteiger partial charge in [0.25, 0.3) is 5.91 Å². The summed E-state index contributed by atoms with van der Waals surface area (Å²) in [4.78, 5) is 29.1. The molecule has 184 valence electrons. The van der Waals surface area contributed by atoms with E-state index >= 15 is 0 Å². The van der Waals surface area contributed by atoms with Crippen LogP contribution in [0.15, 0.2) is 47.4 Å². The number of hydrogen-bond acceptors (Lipinski definition) is 7. The number of rotatable bonds is 7. The maximum atomic E-state index is 13.8. The maximum Gasteiger partial charge on any atom is 0.252 e. The van der Waals surface area contributed by atoms with E-state index in [-0.39, 0.29) is 33.6 Å². The number of sulfonamides is 1. The lowest BCUT2D eigenvalue weighted by atomic mass is 10.2. The van der Waals surface area contributed by atoms with Crippen LogP contribution in [0.2, 0.25) is 10.0 Å². The van der Waals surface area contributed by atoms with E-state index in [1.54, 1.807) is 0 Å². The second-order valence-corrected chi connectivity index (χ2v) is 10.8. The Kier molecular flexibility index (Phi) is 7.76. The Labute approximate surface area is 213 Å². The van der Waals surface area contributed by atoms with Crippen LogP contribution >= 0.6 is 23.2 Å². The molecule has 2 aliphatic heterocycles. The fraction of sp³-hybridized carbons (Fsp3) is 0.348. The Morgan fingerprint density at radius 2 is 1.77 bits per heavy atom. The Bertz CT molecular complexity index is 1270. The highest BCUT2D eigenvalue weighted by Crippen LogP contribution is 2.33. The number of carbonyl (C=O) groups excluding carboxylic acids is 2. The van der Waals surface area contributed by atoms with Gasteiger partial charge in [-0.2, -0.15) is 9.57 Å². The first-order valence-electron chi connectivity index (χ1n) is 10.9. The third-order valence-corrected chi connectivity index (χ3v) is 8.57. The number of nitrogens with zero attached hydrogens (tertiary/aromatic N) is 4. The molecule has 2 aromatic rings. The topological polar surface area (TPSA) is 111 Å². The smallest absolute Gasteiger partial charge is 0.252 e. The molecule has 0 radical (unpaired) electrons. The molecule has 2 heterocycles. The van der Waals surface area contributed by atoms with Gasteiger partial charge in [0.2, 0.25) is 15.9 Å². The highest BCUT2D eigenvalue weighted by atomic mass is 35.5. The first-order chi connectivity index (χ1) is 16.7. The van der Waals surface area contributed by atoms with Crippen LogP contribution in [0.4, 0.5) is 5.69 Å². The molecule has 2 fully saturated rings. The van der Waals surface area contributed by atoms with Gasteiger partial charge in [-0.05, 0) is 42.5 Å². The van der Waals surface area contributed by atoms with Crippen molar-refractivity contribution in [3.63, 3.8) is 0 Å². The van der Waals surface area contributed by atoms with E-state index in [0.29, 0.717) is 38.4 Å². The van der Waals surface area contributed by atoms with Crippen molar-refractivity contribution in [3.8, 4) is 6.07 Å². The average Bonchev–Trinajstić information content (AvgIpc) is 3.14. The van der Waals surface area contributed by atoms with Crippen LogP contribution in [0, 0.1) is 11.3 Å². The molecule has 35 heavy (non-hydrogen) atoms. The van der Waals surface area contributed by atoms with Gasteiger partial charge in [-0.3, -0.25) is 14.5 Å². The van der Waals surface area contributed by atoms with E-state index in [1.165, 1.54) is 42.5 Å². The van der Waals surface area contributed by atoms with Crippen molar-refractivity contribution in [1.82, 2.24) is 9.21 Å². The number of morpholine rings is 1. The molecule has 4 rings (SSSR count). The quantitative estimate of drug-likeness (QED) is 0.499. The average molecular weight is 537 g/mol. The first-order valence-corrected chi connectivity index (χ1v) is 13.1. The summed E-state index contributed by atoms with van der Waals surface area (Å²) >= 11 is 12.3. The fourth-order valence-corrected chi connectivity index (χ4v) is 6.42. The van der Waals surface area contributed by atoms with Gasteiger partial charge in [0, 0.05) is 31.2 Å². The van der Waals surface area contributed by atoms with Crippen molar-refractivity contribution in [3.05, 3.63) is 58.1 Å². The van der Waals surface area contributed by atoms with Crippen molar-refractivity contribution < 1.29 is 22.7 Å². The minimum absolute atomic E-state index is 0.0317. The summed E-state index contributed by atoms with van der Waals surface area (Å²) in [5.74, 6) is -1.20. The van der Waals surface area contributed by atoms with E-state index in [0.717, 1.165) is 9.21 Å². The third kappa shape index (κ3) is 5.35. The SMILES string of the molecule is N#Cc1ccc(N2C(=O)CC(N(CCN3CCOCC3)S(=O)(=O)c3cc(Cl)ccc3Cl)C2=O)cc1. The lowest BCUT2D eigenvalue weighted by Gasteiger charge is -2.31. The van der Waals surface area contributed by atoms with Gasteiger partial charge in [-0.15, -0.1) is 0 Å². The van der Waals surface area contributed by atoms with Crippen LogP contribution in [0.25, 0.3) is 0 Å². The highest BCUT2D eigenvalue weighted by Gasteiger charge is 2.47. The minimum Gasteiger partial charge on any atom is -0.379 e. The van der Waals surface area contributed by atoms with Gasteiger partial charge in [0.1, 0.15) is 10.9 Å². The molecular formula is C23H22Cl2N4O5S. The number of benzene rings is 2. The molecule has 9 nitrogen and oxygen atoms in total. The van der Waals surface area contributed by atoms with Crippen LogP contribution in [0.3, 0.4) is 0 Å². The molecule has 2 saturated heterocycles. The number of hydrogen-bond donors (Lipinski definition) is 0. The molecule has 0 aromatic heterocycles. The van der Waals surface area contributed by atoms with E-state index < -0.39 is 27.9 Å². The molecule has 0 aliphatic carbocycles. The molecule has 0 N–H and O–H groups in total. The summed E-state index contributed by atoms with van der Waals surface area (Å²) in [5, 5.41) is 9.16. The van der Waals surface area contributed by atoms with Crippen LogP contribution in [0.5, 0.6) is 0 Å². The van der Waals surface area contributed by atoms with Gasteiger partial charge in [0.05, 0.1) is 42.0 Å². The second-order valence-electron chi connectivity index (χ2n) is 8.09. The third-order valence-electron chi connectivity index (χ3n) is 5.95. The molecule has 12 heteroatoms. The van der Waals surface area contributed by atoms with Crippen LogP contribution in [-0.2, 0) is 24.3 Å². The Morgan fingerprint density at radius 3 is 2.43 bits per heavy atom. The molecule has 0 bridgehead atoms. The molecule has 2 amide bonds. The number of amides is 2. The second kappa shape index (κ2) is 10.6. The minimum atomic E-state index is -4.29. The standard InChI is InChI=1S/C23H22Cl2N4O5S/c24-17-3-6-19(25)21(13-17)35(32,33)28(8-7-27-9-11-34-12-10-27)20-14-22(30)29(23(20)31)18-4-1-16(15-26)2-5-18/h1-6,13,20H,7-12,14H2. The number of anilines is 1. The van der Waals surface area contributed by atoms with E-state index in [4.69, 9.17) is 33.2 Å². The lowest BCUT2D eigenvalue weighted by Crippen LogP contribution is -2.49. The number of nitriles is 1. The zero-order valence-corrected chi connectivity index (χ0v) is 20.9. The van der Waals surface area contributed by atoms with Gasteiger partial charge < -0.3 is 4.74 Å². The Morgan fingerprint density at radius 1 is 1.09 bits per heavy atom. The van der Waals surface area contributed by atoms with Crippen LogP contribution in [0.1, 0.15) is 12.0 Å². The molecule has 2 aromatic carbocycles. The number of imide groups is 1. The van der Waals surface area contributed by atoms with Crippen LogP contribution < -0.4 is 4.90 Å². The Hall–Kier alpha value is -2.52. The fourth-order valence-electron chi connectivity index (χ4n) is 4.11. The summed E-state index contributed by atoms with van der Waals surface area (Å²) in [5.41, 5.74) is 0.641. The summed E-state index contributed by atoms with van der Waals surface area (Å²) < 4.78 is 33.9. The zero-order chi connectivity index (χ0) is 25.2. The normalized spacial score (nSPS) is 19.4. The van der Waals surface area contributed by atoms with Crippen molar-refractivity contribution in [1.29, 1.82) is 5.26 Å². The van der Waals surface area contributed by atoms with Gasteiger partial charge >= 0.3 is 0 Å². The maximum absolute atomic E-state index is 13.8. The van der Waals surface area contributed by atoms with Crippen molar-refractivity contribution >= 4 is 50.7 Å². The summed E-state index contributed by atoms with van der Waals surface area (Å²) in [6.45, 7) is 2.62. The summed E-state index contributed by atoms with van der Waals surface area (Å²) in [6, 6.07) is 10.8. The molecule has 2 aliphatic rings. The highest BCUT2D eigenvalue weighted by molar-refractivity contribution is 7.89. The van der Waals surface area contributed by atoms with Crippen molar-refractivity contribution in [2.75, 3.05) is 44.3 Å². The van der Waals surface area contributed by atoms with E-state index in [9.17, 15) is 18.0 Å². The van der Waals surface area contributed by atoms with E-state index in [1.807, 2.05) is 11.0 Å². The van der Waals surface area contributed by atoms with E-state index in [2.05, 4.69) is 0 Å². The predicted molar refractivity (Wildman–Crippen MR) is 130 cm³/mol. The first kappa shape index (κ1) is 25.6. The molecule has 1 atom stereocenters. The number of ether oxygens (including phenoxy) is 1. The lowest BCUT2D eigenvalue weighted by molar-refractivity contribution is -0.122.